The largest absolute Gasteiger partial charge is 0.386 e. The summed E-state index contributed by atoms with van der Waals surface area (Å²) < 4.78 is 0. The second kappa shape index (κ2) is 10.6. The molecule has 2 aromatic carbocycles. The number of carbonyl (C=O) groups is 1. The van der Waals surface area contributed by atoms with Crippen LogP contribution in [0.3, 0.4) is 0 Å². The molecule has 0 bridgehead atoms. The van der Waals surface area contributed by atoms with Gasteiger partial charge >= 0.3 is 0 Å². The average Bonchev–Trinajstić information content (AvgIpc) is 3.36. The minimum absolute atomic E-state index is 0.0301. The molecule has 8 heteroatoms. The number of amidine groups is 1. The van der Waals surface area contributed by atoms with Crippen molar-refractivity contribution >= 4 is 51.7 Å². The maximum atomic E-state index is 13.3. The minimum Gasteiger partial charge on any atom is -0.386 e. The van der Waals surface area contributed by atoms with Crippen molar-refractivity contribution < 1.29 is 4.79 Å². The molecule has 32 heavy (non-hydrogen) atoms. The van der Waals surface area contributed by atoms with Crippen LogP contribution in [0.2, 0.25) is 0 Å². The molecular formula is C24H27N5OS2. The molecule has 0 spiro atoms. The van der Waals surface area contributed by atoms with Gasteiger partial charge in [0.15, 0.2) is 5.17 Å². The minimum atomic E-state index is -0.0301. The fourth-order valence-electron chi connectivity index (χ4n) is 3.42. The van der Waals surface area contributed by atoms with Crippen molar-refractivity contribution in [2.24, 2.45) is 4.99 Å². The number of carbonyl (C=O) groups excluding carboxylic acids is 1. The van der Waals surface area contributed by atoms with Crippen LogP contribution in [-0.4, -0.2) is 36.1 Å². The number of hydrogen-bond donors (Lipinski definition) is 1. The number of amides is 1. The lowest BCUT2D eigenvalue weighted by atomic mass is 10.2. The zero-order valence-corrected chi connectivity index (χ0v) is 20.6. The van der Waals surface area contributed by atoms with Gasteiger partial charge in [-0.25, -0.2) is 4.99 Å². The molecule has 1 amide bonds. The highest BCUT2D eigenvalue weighted by molar-refractivity contribution is 8.19. The molecular weight excluding hydrogens is 438 g/mol. The molecule has 1 fully saturated rings. The number of nitriles is 1. The average molecular weight is 466 g/mol. The van der Waals surface area contributed by atoms with E-state index in [0.717, 1.165) is 27.8 Å². The zero-order valence-electron chi connectivity index (χ0n) is 19.0. The Morgan fingerprint density at radius 2 is 1.78 bits per heavy atom. The molecule has 0 saturated carbocycles. The lowest BCUT2D eigenvalue weighted by Crippen LogP contribution is -2.29. The first-order valence-corrected chi connectivity index (χ1v) is 12.3. The smallest absolute Gasteiger partial charge is 0.269 e. The van der Waals surface area contributed by atoms with E-state index in [-0.39, 0.29) is 5.91 Å². The number of nitrogens with zero attached hydrogens (tertiary/aromatic N) is 4. The summed E-state index contributed by atoms with van der Waals surface area (Å²) >= 11 is 3.03. The summed E-state index contributed by atoms with van der Waals surface area (Å²) in [5.74, 6) is -0.0301. The second-order valence-corrected chi connectivity index (χ2v) is 8.60. The van der Waals surface area contributed by atoms with E-state index in [9.17, 15) is 10.1 Å². The molecule has 0 unspecified atom stereocenters. The number of hydrogen-bond acceptors (Lipinski definition) is 7. The van der Waals surface area contributed by atoms with Crippen molar-refractivity contribution in [3.63, 3.8) is 0 Å². The predicted octanol–water partition coefficient (Wildman–Crippen LogP) is 6.01. The van der Waals surface area contributed by atoms with Gasteiger partial charge in [0.05, 0.1) is 28.7 Å². The van der Waals surface area contributed by atoms with Gasteiger partial charge in [0.1, 0.15) is 9.93 Å². The van der Waals surface area contributed by atoms with Crippen LogP contribution in [0.15, 0.2) is 62.3 Å². The number of para-hydroxylation sites is 1. The summed E-state index contributed by atoms with van der Waals surface area (Å²) in [4.78, 5) is 23.8. The van der Waals surface area contributed by atoms with Gasteiger partial charge in [0.2, 0.25) is 0 Å². The number of thioether (sulfide) groups is 2. The van der Waals surface area contributed by atoms with Crippen molar-refractivity contribution in [1.29, 1.82) is 5.26 Å². The summed E-state index contributed by atoms with van der Waals surface area (Å²) in [6.45, 7) is 9.34. The van der Waals surface area contributed by atoms with Gasteiger partial charge in [-0.05, 0) is 55.9 Å². The van der Waals surface area contributed by atoms with E-state index >= 15 is 0 Å². The highest BCUT2D eigenvalue weighted by Gasteiger charge is 2.39. The molecule has 4 rings (SSSR count). The van der Waals surface area contributed by atoms with Crippen LogP contribution in [0.25, 0.3) is 0 Å². The molecule has 166 valence electrons. The van der Waals surface area contributed by atoms with E-state index in [0.29, 0.717) is 27.9 Å². The quantitative estimate of drug-likeness (QED) is 0.558. The Kier molecular flexibility index (Phi) is 7.89. The van der Waals surface area contributed by atoms with Crippen molar-refractivity contribution in [2.75, 3.05) is 30.4 Å². The van der Waals surface area contributed by atoms with E-state index in [4.69, 9.17) is 4.99 Å². The first-order chi connectivity index (χ1) is 15.6. The Morgan fingerprint density at radius 1 is 1.06 bits per heavy atom. The Labute approximate surface area is 198 Å². The summed E-state index contributed by atoms with van der Waals surface area (Å²) in [5.41, 5.74) is 3.12. The van der Waals surface area contributed by atoms with Gasteiger partial charge in [-0.1, -0.05) is 37.7 Å². The van der Waals surface area contributed by atoms with Gasteiger partial charge in [-0.2, -0.15) is 5.26 Å². The second-order valence-electron chi connectivity index (χ2n) is 6.59. The van der Waals surface area contributed by atoms with Crippen LogP contribution in [-0.2, 0) is 4.79 Å². The third-order valence-electron chi connectivity index (χ3n) is 4.91. The molecule has 2 aliphatic heterocycles. The molecule has 1 N–H and O–H groups in total. The van der Waals surface area contributed by atoms with E-state index in [1.54, 1.807) is 28.8 Å². The lowest BCUT2D eigenvalue weighted by molar-refractivity contribution is -0.122. The Balaban J connectivity index is 0.00000141. The SMILES string of the molecule is CC.CCN1C(=O)/C(=C2/Sc3ccccc3N2CC)SC1=Nc1cc(C#N)ccc1NC. The Morgan fingerprint density at radius 3 is 2.44 bits per heavy atom. The molecule has 0 aromatic heterocycles. The summed E-state index contributed by atoms with van der Waals surface area (Å²) in [6.07, 6.45) is 0. The van der Waals surface area contributed by atoms with Crippen molar-refractivity contribution in [1.82, 2.24) is 4.90 Å². The highest BCUT2D eigenvalue weighted by Crippen LogP contribution is 2.50. The maximum Gasteiger partial charge on any atom is 0.269 e. The normalized spacial score (nSPS) is 18.4. The highest BCUT2D eigenvalue weighted by atomic mass is 32.2. The molecule has 2 heterocycles. The molecule has 1 saturated heterocycles. The van der Waals surface area contributed by atoms with Crippen molar-refractivity contribution in [3.8, 4) is 6.07 Å². The van der Waals surface area contributed by atoms with Crippen molar-refractivity contribution in [3.05, 3.63) is 58.0 Å². The van der Waals surface area contributed by atoms with Crippen LogP contribution in [0, 0.1) is 11.3 Å². The molecule has 0 radical (unpaired) electrons. The van der Waals surface area contributed by atoms with E-state index in [1.807, 2.05) is 46.0 Å². The fourth-order valence-corrected chi connectivity index (χ4v) is 5.87. The van der Waals surface area contributed by atoms with E-state index in [1.165, 1.54) is 11.8 Å². The van der Waals surface area contributed by atoms with Gasteiger partial charge in [-0.3, -0.25) is 9.69 Å². The maximum absolute atomic E-state index is 13.3. The molecule has 6 nitrogen and oxygen atoms in total. The Hall–Kier alpha value is -2.89. The number of anilines is 2. The van der Waals surface area contributed by atoms with Gasteiger partial charge in [0, 0.05) is 25.0 Å². The number of rotatable bonds is 4. The van der Waals surface area contributed by atoms with Crippen LogP contribution >= 0.6 is 23.5 Å². The van der Waals surface area contributed by atoms with E-state index in [2.05, 4.69) is 35.3 Å². The lowest BCUT2D eigenvalue weighted by Gasteiger charge is -2.19. The zero-order chi connectivity index (χ0) is 23.3. The van der Waals surface area contributed by atoms with Crippen LogP contribution in [0.1, 0.15) is 33.3 Å². The third-order valence-corrected chi connectivity index (χ3v) is 7.29. The number of aliphatic imine (C=N–C) groups is 1. The summed E-state index contributed by atoms with van der Waals surface area (Å²) in [5, 5.41) is 13.9. The van der Waals surface area contributed by atoms with Crippen LogP contribution < -0.4 is 10.2 Å². The van der Waals surface area contributed by atoms with Crippen LogP contribution in [0.4, 0.5) is 17.1 Å². The Bertz CT molecular complexity index is 1120. The first-order valence-electron chi connectivity index (χ1n) is 10.7. The summed E-state index contributed by atoms with van der Waals surface area (Å²) in [6, 6.07) is 15.7. The van der Waals surface area contributed by atoms with Gasteiger partial charge in [-0.15, -0.1) is 0 Å². The van der Waals surface area contributed by atoms with Crippen LogP contribution in [0.5, 0.6) is 0 Å². The topological polar surface area (TPSA) is 71.7 Å². The third kappa shape index (κ3) is 4.36. The van der Waals surface area contributed by atoms with Gasteiger partial charge in [0.25, 0.3) is 5.91 Å². The molecule has 0 atom stereocenters. The standard InChI is InChI=1S/C22H21N5OS2.C2H6/c1-4-26-17-8-6-7-9-18(17)29-21(26)19-20(28)27(5-2)22(30-19)25-16-12-14(13-23)10-11-15(16)24-3;1-2/h6-12,24H,4-5H2,1-3H3;1-2H3/b21-19-,25-22?;. The first kappa shape index (κ1) is 23.8. The van der Waals surface area contributed by atoms with E-state index < -0.39 is 0 Å². The van der Waals surface area contributed by atoms with Gasteiger partial charge < -0.3 is 10.2 Å². The predicted molar refractivity (Wildman–Crippen MR) is 136 cm³/mol. The summed E-state index contributed by atoms with van der Waals surface area (Å²) in [7, 11) is 1.81. The number of benzene rings is 2. The number of fused-ring (bicyclic) bond motifs is 1. The number of likely N-dealkylation sites (N-methyl/N-ethyl adjacent to an activating group) is 1. The van der Waals surface area contributed by atoms with Crippen molar-refractivity contribution in [2.45, 2.75) is 32.6 Å². The fraction of sp³-hybridized carbons (Fsp3) is 0.292. The monoisotopic (exact) mass is 465 g/mol. The molecule has 2 aliphatic rings. The number of nitrogens with one attached hydrogen (secondary N) is 1. The molecule has 0 aliphatic carbocycles. The molecule has 2 aromatic rings.